The van der Waals surface area contributed by atoms with Crippen molar-refractivity contribution in [2.75, 3.05) is 0 Å². The van der Waals surface area contributed by atoms with Crippen LogP contribution >= 0.6 is 0 Å². The highest BCUT2D eigenvalue weighted by molar-refractivity contribution is 5.81. The number of hydrogen-bond acceptors (Lipinski definition) is 4. The van der Waals surface area contributed by atoms with E-state index >= 15 is 0 Å². The van der Waals surface area contributed by atoms with Crippen LogP contribution in [0.4, 0.5) is 0 Å². The van der Waals surface area contributed by atoms with E-state index in [0.717, 1.165) is 10.9 Å². The second-order valence-electron chi connectivity index (χ2n) is 4.31. The van der Waals surface area contributed by atoms with Gasteiger partial charge in [-0.25, -0.2) is 4.79 Å². The Morgan fingerprint density at radius 1 is 1.35 bits per heavy atom. The Labute approximate surface area is 98.9 Å². The number of hydrogen-bond donors (Lipinski definition) is 2. The minimum absolute atomic E-state index is 0.0922. The van der Waals surface area contributed by atoms with Crippen molar-refractivity contribution >= 4 is 11.0 Å². The molecule has 0 fully saturated rings. The van der Waals surface area contributed by atoms with E-state index in [2.05, 4.69) is 5.32 Å². The summed E-state index contributed by atoms with van der Waals surface area (Å²) in [6, 6.07) is 6.62. The van der Waals surface area contributed by atoms with Crippen LogP contribution in [0.1, 0.15) is 19.4 Å². The molecule has 4 heteroatoms. The van der Waals surface area contributed by atoms with E-state index in [9.17, 15) is 9.90 Å². The predicted molar refractivity (Wildman–Crippen MR) is 66.1 cm³/mol. The van der Waals surface area contributed by atoms with Gasteiger partial charge < -0.3 is 14.8 Å². The molecule has 0 aliphatic rings. The molecule has 0 saturated carbocycles. The van der Waals surface area contributed by atoms with Gasteiger partial charge in [0.05, 0.1) is 0 Å². The van der Waals surface area contributed by atoms with Gasteiger partial charge in [-0.1, -0.05) is 13.8 Å². The van der Waals surface area contributed by atoms with E-state index in [4.69, 9.17) is 4.42 Å². The fourth-order valence-corrected chi connectivity index (χ4v) is 1.68. The lowest BCUT2D eigenvalue weighted by Crippen LogP contribution is -2.22. The maximum atomic E-state index is 11.4. The topological polar surface area (TPSA) is 62.5 Å². The Morgan fingerprint density at radius 2 is 2.12 bits per heavy atom. The lowest BCUT2D eigenvalue weighted by molar-refractivity contribution is 0.473. The van der Waals surface area contributed by atoms with Crippen LogP contribution < -0.4 is 10.9 Å². The number of fused-ring (bicyclic) bond motifs is 1. The van der Waals surface area contributed by atoms with Crippen LogP contribution in [-0.4, -0.2) is 11.1 Å². The second kappa shape index (κ2) is 4.59. The molecule has 0 unspecified atom stereocenters. The average molecular weight is 233 g/mol. The fourth-order valence-electron chi connectivity index (χ4n) is 1.68. The first kappa shape index (κ1) is 11.7. The van der Waals surface area contributed by atoms with Crippen LogP contribution in [0.5, 0.6) is 5.75 Å². The van der Waals surface area contributed by atoms with Crippen LogP contribution in [-0.2, 0) is 6.54 Å². The van der Waals surface area contributed by atoms with Crippen LogP contribution in [0.15, 0.2) is 33.5 Å². The average Bonchev–Trinajstić information content (AvgIpc) is 2.24. The molecule has 0 saturated heterocycles. The Balaban J connectivity index is 2.50. The van der Waals surface area contributed by atoms with Crippen molar-refractivity contribution in [2.45, 2.75) is 26.4 Å². The minimum atomic E-state index is -0.399. The normalized spacial score (nSPS) is 11.2. The van der Waals surface area contributed by atoms with Gasteiger partial charge in [-0.3, -0.25) is 0 Å². The van der Waals surface area contributed by atoms with Crippen molar-refractivity contribution in [1.82, 2.24) is 5.32 Å². The quantitative estimate of drug-likeness (QED) is 0.796. The maximum absolute atomic E-state index is 11.4. The first-order valence-corrected chi connectivity index (χ1v) is 5.55. The highest BCUT2D eigenvalue weighted by atomic mass is 16.4. The number of rotatable bonds is 3. The lowest BCUT2D eigenvalue weighted by atomic mass is 10.1. The van der Waals surface area contributed by atoms with Gasteiger partial charge in [0.1, 0.15) is 11.3 Å². The van der Waals surface area contributed by atoms with Crippen molar-refractivity contribution in [3.05, 3.63) is 40.2 Å². The zero-order chi connectivity index (χ0) is 12.4. The highest BCUT2D eigenvalue weighted by Crippen LogP contribution is 2.21. The van der Waals surface area contributed by atoms with Crippen molar-refractivity contribution in [2.24, 2.45) is 0 Å². The van der Waals surface area contributed by atoms with Crippen molar-refractivity contribution < 1.29 is 9.52 Å². The standard InChI is InChI=1S/C13H15NO3/c1-8(2)14-7-9-5-13(16)17-12-6-10(15)3-4-11(9)12/h3-6,8,14-15H,7H2,1-2H3. The Kier molecular flexibility index (Phi) is 3.15. The maximum Gasteiger partial charge on any atom is 0.336 e. The Hall–Kier alpha value is -1.81. The van der Waals surface area contributed by atoms with E-state index in [0.29, 0.717) is 18.2 Å². The van der Waals surface area contributed by atoms with Crippen LogP contribution in [0.2, 0.25) is 0 Å². The van der Waals surface area contributed by atoms with Gasteiger partial charge in [-0.05, 0) is 17.7 Å². The molecule has 2 aromatic rings. The summed E-state index contributed by atoms with van der Waals surface area (Å²) in [6.45, 7) is 4.68. The van der Waals surface area contributed by atoms with Gasteiger partial charge in [-0.15, -0.1) is 0 Å². The number of aromatic hydroxyl groups is 1. The summed E-state index contributed by atoms with van der Waals surface area (Å²) in [5.41, 5.74) is 0.895. The summed E-state index contributed by atoms with van der Waals surface area (Å²) in [5.74, 6) is 0.0922. The summed E-state index contributed by atoms with van der Waals surface area (Å²) in [4.78, 5) is 11.4. The van der Waals surface area contributed by atoms with E-state index in [1.54, 1.807) is 12.1 Å². The summed E-state index contributed by atoms with van der Waals surface area (Å²) in [7, 11) is 0. The number of phenols is 1. The monoisotopic (exact) mass is 233 g/mol. The molecule has 0 bridgehead atoms. The SMILES string of the molecule is CC(C)NCc1cc(=O)oc2cc(O)ccc12. The van der Waals surface area contributed by atoms with E-state index in [1.807, 2.05) is 13.8 Å². The fraction of sp³-hybridized carbons (Fsp3) is 0.308. The van der Waals surface area contributed by atoms with E-state index < -0.39 is 5.63 Å². The van der Waals surface area contributed by atoms with Crippen LogP contribution in [0.3, 0.4) is 0 Å². The van der Waals surface area contributed by atoms with Crippen LogP contribution in [0.25, 0.3) is 11.0 Å². The third-order valence-corrected chi connectivity index (χ3v) is 2.51. The molecule has 1 aromatic carbocycles. The number of phenolic OH excluding ortho intramolecular Hbond substituents is 1. The Morgan fingerprint density at radius 3 is 2.82 bits per heavy atom. The van der Waals surface area contributed by atoms with E-state index in [1.165, 1.54) is 12.1 Å². The first-order chi connectivity index (χ1) is 8.06. The molecule has 0 aliphatic heterocycles. The molecule has 1 aromatic heterocycles. The van der Waals surface area contributed by atoms with Crippen LogP contribution in [0, 0.1) is 0 Å². The van der Waals surface area contributed by atoms with Gasteiger partial charge in [0, 0.05) is 30.1 Å². The predicted octanol–water partition coefficient (Wildman–Crippen LogP) is 2.00. The van der Waals surface area contributed by atoms with Gasteiger partial charge in [-0.2, -0.15) is 0 Å². The van der Waals surface area contributed by atoms with Gasteiger partial charge in [0.15, 0.2) is 0 Å². The molecular formula is C13H15NO3. The van der Waals surface area contributed by atoms with Gasteiger partial charge in [0.25, 0.3) is 0 Å². The number of benzene rings is 1. The summed E-state index contributed by atoms with van der Waals surface area (Å²) in [6.07, 6.45) is 0. The largest absolute Gasteiger partial charge is 0.508 e. The van der Waals surface area contributed by atoms with Crippen molar-refractivity contribution in [3.8, 4) is 5.75 Å². The molecule has 17 heavy (non-hydrogen) atoms. The molecule has 0 spiro atoms. The molecule has 1 heterocycles. The molecule has 2 rings (SSSR count). The van der Waals surface area contributed by atoms with Crippen molar-refractivity contribution in [3.63, 3.8) is 0 Å². The third kappa shape index (κ3) is 2.65. The molecule has 0 radical (unpaired) electrons. The first-order valence-electron chi connectivity index (χ1n) is 5.55. The third-order valence-electron chi connectivity index (χ3n) is 2.51. The molecule has 2 N–H and O–H groups in total. The Bertz CT molecular complexity index is 587. The highest BCUT2D eigenvalue weighted by Gasteiger charge is 2.06. The summed E-state index contributed by atoms with van der Waals surface area (Å²) >= 11 is 0. The molecule has 4 nitrogen and oxygen atoms in total. The lowest BCUT2D eigenvalue weighted by Gasteiger charge is -2.09. The smallest absolute Gasteiger partial charge is 0.336 e. The second-order valence-corrected chi connectivity index (χ2v) is 4.31. The molecule has 0 aliphatic carbocycles. The summed E-state index contributed by atoms with van der Waals surface area (Å²) in [5, 5.41) is 13.4. The van der Waals surface area contributed by atoms with Crippen molar-refractivity contribution in [1.29, 1.82) is 0 Å². The number of nitrogens with one attached hydrogen (secondary N) is 1. The van der Waals surface area contributed by atoms with E-state index in [-0.39, 0.29) is 5.75 Å². The van der Waals surface area contributed by atoms with Gasteiger partial charge >= 0.3 is 5.63 Å². The van der Waals surface area contributed by atoms with Gasteiger partial charge in [0.2, 0.25) is 0 Å². The summed E-state index contributed by atoms with van der Waals surface area (Å²) < 4.78 is 5.05. The minimum Gasteiger partial charge on any atom is -0.508 e. The molecule has 0 atom stereocenters. The molecule has 90 valence electrons. The molecular weight excluding hydrogens is 218 g/mol. The molecule has 0 amide bonds. The zero-order valence-corrected chi connectivity index (χ0v) is 9.86. The zero-order valence-electron chi connectivity index (χ0n) is 9.86.